The van der Waals surface area contributed by atoms with Crippen LogP contribution in [0.4, 0.5) is 0 Å². The van der Waals surface area contributed by atoms with Crippen LogP contribution in [0.25, 0.3) is 11.4 Å². The minimum absolute atomic E-state index is 0.398. The predicted octanol–water partition coefficient (Wildman–Crippen LogP) is 2.69. The lowest BCUT2D eigenvalue weighted by atomic mass is 10.1. The van der Waals surface area contributed by atoms with Gasteiger partial charge in [-0.25, -0.2) is 4.79 Å². The maximum Gasteiger partial charge on any atom is 0.340 e. The van der Waals surface area contributed by atoms with E-state index < -0.39 is 5.97 Å². The minimum Gasteiger partial charge on any atom is -0.465 e. The van der Waals surface area contributed by atoms with E-state index in [1.54, 1.807) is 30.6 Å². The van der Waals surface area contributed by atoms with E-state index in [-0.39, 0.29) is 0 Å². The minimum atomic E-state index is -0.425. The van der Waals surface area contributed by atoms with Crippen molar-refractivity contribution in [3.05, 3.63) is 46.7 Å². The number of esters is 1. The highest BCUT2D eigenvalue weighted by Gasteiger charge is 2.16. The van der Waals surface area contributed by atoms with E-state index in [9.17, 15) is 4.79 Å². The molecule has 2 rings (SSSR count). The van der Waals surface area contributed by atoms with Gasteiger partial charge in [0, 0.05) is 16.9 Å². The Morgan fingerprint density at radius 2 is 1.82 bits per heavy atom. The number of pyridine rings is 2. The van der Waals surface area contributed by atoms with Gasteiger partial charge in [0.2, 0.25) is 0 Å². The van der Waals surface area contributed by atoms with E-state index >= 15 is 0 Å². The first-order chi connectivity index (χ1) is 8.24. The van der Waals surface area contributed by atoms with Crippen molar-refractivity contribution >= 4 is 21.9 Å². The zero-order valence-electron chi connectivity index (χ0n) is 9.05. The first-order valence-electron chi connectivity index (χ1n) is 4.88. The molecule has 0 aromatic carbocycles. The van der Waals surface area contributed by atoms with E-state index in [1.165, 1.54) is 7.11 Å². The van der Waals surface area contributed by atoms with Gasteiger partial charge in [0.05, 0.1) is 12.7 Å². The first kappa shape index (κ1) is 11.7. The maximum atomic E-state index is 11.6. The zero-order chi connectivity index (χ0) is 12.3. The highest BCUT2D eigenvalue weighted by atomic mass is 79.9. The molecular formula is C12H9BrN2O2. The Labute approximate surface area is 107 Å². The predicted molar refractivity (Wildman–Crippen MR) is 66.5 cm³/mol. The van der Waals surface area contributed by atoms with Crippen molar-refractivity contribution in [3.63, 3.8) is 0 Å². The molecule has 0 amide bonds. The third-order valence-corrected chi connectivity index (χ3v) is 2.84. The van der Waals surface area contributed by atoms with Gasteiger partial charge in [0.1, 0.15) is 11.4 Å². The summed E-state index contributed by atoms with van der Waals surface area (Å²) in [6, 6.07) is 6.99. The molecule has 0 atom stereocenters. The van der Waals surface area contributed by atoms with Crippen LogP contribution in [0, 0.1) is 0 Å². The van der Waals surface area contributed by atoms with Gasteiger partial charge in [-0.05, 0) is 40.2 Å². The molecule has 0 aliphatic heterocycles. The lowest BCUT2D eigenvalue weighted by Gasteiger charge is -2.07. The fraction of sp³-hybridized carbons (Fsp3) is 0.0833. The SMILES string of the molecule is COC(=O)c1cccnc1-c1ncccc1Br. The largest absolute Gasteiger partial charge is 0.465 e. The molecule has 0 spiro atoms. The molecule has 0 saturated heterocycles. The van der Waals surface area contributed by atoms with Gasteiger partial charge in [-0.3, -0.25) is 9.97 Å². The van der Waals surface area contributed by atoms with Crippen LogP contribution in [0.5, 0.6) is 0 Å². The molecule has 5 heteroatoms. The first-order valence-corrected chi connectivity index (χ1v) is 5.67. The molecule has 0 N–H and O–H groups in total. The summed E-state index contributed by atoms with van der Waals surface area (Å²) < 4.78 is 5.50. The molecule has 0 fully saturated rings. The molecule has 86 valence electrons. The third-order valence-electron chi connectivity index (χ3n) is 2.20. The molecule has 2 aromatic heterocycles. The van der Waals surface area contributed by atoms with Gasteiger partial charge >= 0.3 is 5.97 Å². The van der Waals surface area contributed by atoms with Gasteiger partial charge < -0.3 is 4.74 Å². The van der Waals surface area contributed by atoms with Crippen molar-refractivity contribution in [3.8, 4) is 11.4 Å². The van der Waals surface area contributed by atoms with Crippen LogP contribution >= 0.6 is 15.9 Å². The quantitative estimate of drug-likeness (QED) is 0.799. The Bertz CT molecular complexity index is 558. The van der Waals surface area contributed by atoms with Gasteiger partial charge in [-0.2, -0.15) is 0 Å². The highest BCUT2D eigenvalue weighted by molar-refractivity contribution is 9.10. The van der Waals surface area contributed by atoms with Crippen molar-refractivity contribution in [2.24, 2.45) is 0 Å². The fourth-order valence-corrected chi connectivity index (χ4v) is 1.87. The number of hydrogen-bond donors (Lipinski definition) is 0. The number of ether oxygens (including phenoxy) is 1. The molecule has 17 heavy (non-hydrogen) atoms. The number of methoxy groups -OCH3 is 1. The molecule has 0 bridgehead atoms. The second-order valence-electron chi connectivity index (χ2n) is 3.22. The topological polar surface area (TPSA) is 52.1 Å². The number of halogens is 1. The summed E-state index contributed by atoms with van der Waals surface area (Å²) in [5.41, 5.74) is 1.52. The molecule has 4 nitrogen and oxygen atoms in total. The van der Waals surface area contributed by atoms with Gasteiger partial charge in [0.25, 0.3) is 0 Å². The lowest BCUT2D eigenvalue weighted by Crippen LogP contribution is -2.05. The van der Waals surface area contributed by atoms with Crippen molar-refractivity contribution in [1.82, 2.24) is 9.97 Å². The van der Waals surface area contributed by atoms with Gasteiger partial charge in [0.15, 0.2) is 0 Å². The normalized spacial score (nSPS) is 10.0. The summed E-state index contributed by atoms with van der Waals surface area (Å²) in [4.78, 5) is 20.0. The molecule has 0 aliphatic rings. The second kappa shape index (κ2) is 5.05. The van der Waals surface area contributed by atoms with Crippen molar-refractivity contribution in [2.75, 3.05) is 7.11 Å². The van der Waals surface area contributed by atoms with Crippen LogP contribution in [0.15, 0.2) is 41.1 Å². The summed E-state index contributed by atoms with van der Waals surface area (Å²) in [6.07, 6.45) is 3.26. The number of carbonyl (C=O) groups excluding carboxylic acids is 1. The van der Waals surface area contributed by atoms with Crippen LogP contribution < -0.4 is 0 Å². The fourth-order valence-electron chi connectivity index (χ4n) is 1.43. The van der Waals surface area contributed by atoms with Crippen molar-refractivity contribution < 1.29 is 9.53 Å². The monoisotopic (exact) mass is 292 g/mol. The van der Waals surface area contributed by atoms with Crippen molar-refractivity contribution in [1.29, 1.82) is 0 Å². The van der Waals surface area contributed by atoms with Gasteiger partial charge in [-0.1, -0.05) is 0 Å². The zero-order valence-corrected chi connectivity index (χ0v) is 10.6. The number of nitrogens with zero attached hydrogens (tertiary/aromatic N) is 2. The van der Waals surface area contributed by atoms with Crippen LogP contribution in [0.2, 0.25) is 0 Å². The Kier molecular flexibility index (Phi) is 3.49. The molecule has 0 saturated carbocycles. The summed E-state index contributed by atoms with van der Waals surface area (Å²) in [5.74, 6) is -0.425. The summed E-state index contributed by atoms with van der Waals surface area (Å²) in [7, 11) is 1.34. The maximum absolute atomic E-state index is 11.6. The molecule has 2 heterocycles. The van der Waals surface area contributed by atoms with Crippen molar-refractivity contribution in [2.45, 2.75) is 0 Å². The third kappa shape index (κ3) is 2.34. The standard InChI is InChI=1S/C12H9BrN2O2/c1-17-12(16)8-4-2-6-14-10(8)11-9(13)5-3-7-15-11/h2-7H,1H3. The number of carbonyl (C=O) groups is 1. The summed E-state index contributed by atoms with van der Waals surface area (Å²) in [5, 5.41) is 0. The van der Waals surface area contributed by atoms with E-state index in [0.717, 1.165) is 4.47 Å². The number of rotatable bonds is 2. The molecule has 2 aromatic rings. The van der Waals surface area contributed by atoms with E-state index in [0.29, 0.717) is 17.0 Å². The average molecular weight is 293 g/mol. The Balaban J connectivity index is 2.60. The number of aromatic nitrogens is 2. The van der Waals surface area contributed by atoms with Crippen LogP contribution in [-0.2, 0) is 4.74 Å². The summed E-state index contributed by atoms with van der Waals surface area (Å²) in [6.45, 7) is 0. The Morgan fingerprint density at radius 1 is 1.18 bits per heavy atom. The molecular weight excluding hydrogens is 284 g/mol. The second-order valence-corrected chi connectivity index (χ2v) is 4.08. The highest BCUT2D eigenvalue weighted by Crippen LogP contribution is 2.26. The lowest BCUT2D eigenvalue weighted by molar-refractivity contribution is 0.0601. The summed E-state index contributed by atoms with van der Waals surface area (Å²) >= 11 is 3.38. The molecule has 0 aliphatic carbocycles. The smallest absolute Gasteiger partial charge is 0.340 e. The number of hydrogen-bond acceptors (Lipinski definition) is 4. The van der Waals surface area contributed by atoms with Crippen LogP contribution in [-0.4, -0.2) is 23.0 Å². The van der Waals surface area contributed by atoms with E-state index in [2.05, 4.69) is 25.9 Å². The Morgan fingerprint density at radius 3 is 2.47 bits per heavy atom. The molecule has 0 radical (unpaired) electrons. The van der Waals surface area contributed by atoms with Gasteiger partial charge in [-0.15, -0.1) is 0 Å². The molecule has 0 unspecified atom stereocenters. The van der Waals surface area contributed by atoms with E-state index in [4.69, 9.17) is 4.74 Å². The average Bonchev–Trinajstić information content (AvgIpc) is 2.38. The van der Waals surface area contributed by atoms with E-state index in [1.807, 2.05) is 6.07 Å². The van der Waals surface area contributed by atoms with Crippen LogP contribution in [0.1, 0.15) is 10.4 Å². The van der Waals surface area contributed by atoms with Crippen LogP contribution in [0.3, 0.4) is 0 Å². The Hall–Kier alpha value is -1.75.